The van der Waals surface area contributed by atoms with Crippen molar-refractivity contribution < 1.29 is 9.59 Å². The third-order valence-corrected chi connectivity index (χ3v) is 4.42. The molecule has 0 atom stereocenters. The van der Waals surface area contributed by atoms with Crippen LogP contribution in [0.5, 0.6) is 0 Å². The van der Waals surface area contributed by atoms with Crippen LogP contribution in [0.1, 0.15) is 24.8 Å². The summed E-state index contributed by atoms with van der Waals surface area (Å²) in [7, 11) is 0. The summed E-state index contributed by atoms with van der Waals surface area (Å²) < 4.78 is 0. The van der Waals surface area contributed by atoms with Crippen molar-refractivity contribution in [2.45, 2.75) is 25.7 Å². The number of para-hydroxylation sites is 1. The van der Waals surface area contributed by atoms with Crippen molar-refractivity contribution in [3.8, 4) is 0 Å². The van der Waals surface area contributed by atoms with Crippen molar-refractivity contribution >= 4 is 17.5 Å². The summed E-state index contributed by atoms with van der Waals surface area (Å²) in [4.78, 5) is 27.5. The third kappa shape index (κ3) is 3.40. The molecule has 1 aromatic rings. The molecule has 1 N–H and O–H groups in total. The largest absolute Gasteiger partial charge is 0.362 e. The first-order valence-corrected chi connectivity index (χ1v) is 8.11. The molecule has 0 bridgehead atoms. The summed E-state index contributed by atoms with van der Waals surface area (Å²) in [5.41, 5.74) is 2.50. The van der Waals surface area contributed by atoms with E-state index < -0.39 is 0 Å². The Labute approximate surface area is 131 Å². The highest BCUT2D eigenvalue weighted by molar-refractivity contribution is 5.82. The van der Waals surface area contributed by atoms with Crippen LogP contribution in [-0.2, 0) is 16.0 Å². The van der Waals surface area contributed by atoms with E-state index in [4.69, 9.17) is 0 Å². The Morgan fingerprint density at radius 2 is 2.00 bits per heavy atom. The number of likely N-dealkylation sites (tertiary alicyclic amines) is 1. The van der Waals surface area contributed by atoms with Crippen LogP contribution in [0, 0.1) is 0 Å². The average Bonchev–Trinajstić information content (AvgIpc) is 3.11. The van der Waals surface area contributed by atoms with Crippen LogP contribution in [0.25, 0.3) is 0 Å². The number of anilines is 1. The Hall–Kier alpha value is -2.04. The number of hydrogen-bond acceptors (Lipinski definition) is 3. The molecular formula is C17H23N3O2. The zero-order valence-corrected chi connectivity index (χ0v) is 12.9. The van der Waals surface area contributed by atoms with Gasteiger partial charge in [-0.1, -0.05) is 18.2 Å². The number of nitrogens with zero attached hydrogens (tertiary/aromatic N) is 2. The summed E-state index contributed by atoms with van der Waals surface area (Å²) in [5, 5.41) is 2.96. The molecule has 1 aromatic carbocycles. The third-order valence-electron chi connectivity index (χ3n) is 4.42. The monoisotopic (exact) mass is 301 g/mol. The lowest BCUT2D eigenvalue weighted by molar-refractivity contribution is -0.127. The smallest absolute Gasteiger partial charge is 0.239 e. The fourth-order valence-corrected chi connectivity index (χ4v) is 3.24. The predicted octanol–water partition coefficient (Wildman–Crippen LogP) is 1.18. The van der Waals surface area contributed by atoms with Gasteiger partial charge in [0.25, 0.3) is 0 Å². The lowest BCUT2D eigenvalue weighted by atomic mass is 10.2. The number of fused-ring (bicyclic) bond motifs is 1. The Bertz CT molecular complexity index is 559. The van der Waals surface area contributed by atoms with E-state index in [0.29, 0.717) is 19.5 Å². The Morgan fingerprint density at radius 3 is 2.82 bits per heavy atom. The summed E-state index contributed by atoms with van der Waals surface area (Å²) in [5.74, 6) is 0.310. The maximum atomic E-state index is 12.0. The van der Waals surface area contributed by atoms with Gasteiger partial charge in [-0.05, 0) is 30.9 Å². The Kier molecular flexibility index (Phi) is 4.61. The lowest BCUT2D eigenvalue weighted by Gasteiger charge is -2.19. The normalized spacial score (nSPS) is 17.0. The van der Waals surface area contributed by atoms with Crippen molar-refractivity contribution in [3.63, 3.8) is 0 Å². The summed E-state index contributed by atoms with van der Waals surface area (Å²) in [6.45, 7) is 3.59. The number of carbonyl (C=O) groups is 2. The zero-order valence-electron chi connectivity index (χ0n) is 12.9. The van der Waals surface area contributed by atoms with E-state index in [2.05, 4.69) is 22.3 Å². The van der Waals surface area contributed by atoms with Crippen molar-refractivity contribution in [2.24, 2.45) is 0 Å². The quantitative estimate of drug-likeness (QED) is 0.803. The van der Waals surface area contributed by atoms with Gasteiger partial charge in [0.15, 0.2) is 0 Å². The fraction of sp³-hybridized carbons (Fsp3) is 0.529. The summed E-state index contributed by atoms with van der Waals surface area (Å²) in [6.07, 6.45) is 3.49. The fourth-order valence-electron chi connectivity index (χ4n) is 3.24. The molecule has 0 saturated carbocycles. The SMILES string of the molecule is O=C(CN1CCc2ccccc21)NCCCN1CCCC1=O. The van der Waals surface area contributed by atoms with Crippen LogP contribution in [-0.4, -0.2) is 49.4 Å². The number of carbonyl (C=O) groups excluding carboxylic acids is 2. The van der Waals surface area contributed by atoms with Crippen LogP contribution < -0.4 is 10.2 Å². The molecule has 1 fully saturated rings. The molecule has 5 nitrogen and oxygen atoms in total. The number of amides is 2. The molecular weight excluding hydrogens is 278 g/mol. The highest BCUT2D eigenvalue weighted by Crippen LogP contribution is 2.26. The second-order valence-corrected chi connectivity index (χ2v) is 5.99. The molecule has 0 unspecified atom stereocenters. The van der Waals surface area contributed by atoms with Crippen LogP contribution in [0.3, 0.4) is 0 Å². The molecule has 118 valence electrons. The second-order valence-electron chi connectivity index (χ2n) is 5.99. The van der Waals surface area contributed by atoms with Gasteiger partial charge in [-0.25, -0.2) is 0 Å². The van der Waals surface area contributed by atoms with Gasteiger partial charge in [0, 0.05) is 38.3 Å². The highest BCUT2D eigenvalue weighted by atomic mass is 16.2. The molecule has 3 rings (SSSR count). The first-order valence-electron chi connectivity index (χ1n) is 8.11. The molecule has 0 aliphatic carbocycles. The molecule has 1 saturated heterocycles. The van der Waals surface area contributed by atoms with E-state index in [9.17, 15) is 9.59 Å². The minimum atomic E-state index is 0.0597. The molecule has 0 radical (unpaired) electrons. The van der Waals surface area contributed by atoms with Crippen molar-refractivity contribution in [1.82, 2.24) is 10.2 Å². The molecule has 22 heavy (non-hydrogen) atoms. The maximum Gasteiger partial charge on any atom is 0.239 e. The molecule has 2 aliphatic rings. The van der Waals surface area contributed by atoms with Gasteiger partial charge in [-0.2, -0.15) is 0 Å². The number of nitrogens with one attached hydrogen (secondary N) is 1. The van der Waals surface area contributed by atoms with Crippen molar-refractivity contribution in [1.29, 1.82) is 0 Å². The van der Waals surface area contributed by atoms with E-state index in [0.717, 1.165) is 38.9 Å². The zero-order chi connectivity index (χ0) is 15.4. The minimum absolute atomic E-state index is 0.0597. The number of rotatable bonds is 6. The van der Waals surface area contributed by atoms with Crippen LogP contribution in [0.4, 0.5) is 5.69 Å². The minimum Gasteiger partial charge on any atom is -0.362 e. The topological polar surface area (TPSA) is 52.7 Å². The van der Waals surface area contributed by atoms with Gasteiger partial charge in [0.2, 0.25) is 11.8 Å². The highest BCUT2D eigenvalue weighted by Gasteiger charge is 2.21. The maximum absolute atomic E-state index is 12.0. The van der Waals surface area contributed by atoms with Crippen LogP contribution in [0.2, 0.25) is 0 Å². The molecule has 2 amide bonds. The van der Waals surface area contributed by atoms with E-state index in [1.165, 1.54) is 11.3 Å². The van der Waals surface area contributed by atoms with Crippen molar-refractivity contribution in [2.75, 3.05) is 37.6 Å². The Morgan fingerprint density at radius 1 is 1.14 bits per heavy atom. The summed E-state index contributed by atoms with van der Waals surface area (Å²) in [6, 6.07) is 8.26. The first kappa shape index (κ1) is 14.9. The van der Waals surface area contributed by atoms with Gasteiger partial charge in [0.1, 0.15) is 0 Å². The van der Waals surface area contributed by atoms with Crippen molar-refractivity contribution in [3.05, 3.63) is 29.8 Å². The summed E-state index contributed by atoms with van der Waals surface area (Å²) >= 11 is 0. The van der Waals surface area contributed by atoms with E-state index >= 15 is 0 Å². The van der Waals surface area contributed by atoms with Gasteiger partial charge >= 0.3 is 0 Å². The Balaban J connectivity index is 1.37. The first-order chi connectivity index (χ1) is 10.7. The molecule has 0 aromatic heterocycles. The van der Waals surface area contributed by atoms with Gasteiger partial charge in [0.05, 0.1) is 6.54 Å². The van der Waals surface area contributed by atoms with E-state index in [-0.39, 0.29) is 11.8 Å². The molecule has 5 heteroatoms. The lowest BCUT2D eigenvalue weighted by Crippen LogP contribution is -2.37. The number of benzene rings is 1. The average molecular weight is 301 g/mol. The van der Waals surface area contributed by atoms with Gasteiger partial charge in [-0.3, -0.25) is 9.59 Å². The van der Waals surface area contributed by atoms with E-state index in [1.54, 1.807) is 0 Å². The van der Waals surface area contributed by atoms with E-state index in [1.807, 2.05) is 17.0 Å². The van der Waals surface area contributed by atoms with Gasteiger partial charge in [-0.15, -0.1) is 0 Å². The molecule has 2 aliphatic heterocycles. The van der Waals surface area contributed by atoms with Crippen LogP contribution >= 0.6 is 0 Å². The van der Waals surface area contributed by atoms with Gasteiger partial charge < -0.3 is 15.1 Å². The molecule has 2 heterocycles. The van der Waals surface area contributed by atoms with Crippen LogP contribution in [0.15, 0.2) is 24.3 Å². The second kappa shape index (κ2) is 6.81. The number of hydrogen-bond donors (Lipinski definition) is 1. The molecule has 0 spiro atoms. The predicted molar refractivity (Wildman–Crippen MR) is 85.8 cm³/mol. The standard InChI is InChI=1S/C17H23N3O2/c21-16(18-9-4-11-19-10-3-7-17(19)22)13-20-12-8-14-5-1-2-6-15(14)20/h1-2,5-6H,3-4,7-13H2,(H,18,21).